The molecule has 0 fully saturated rings. The number of imidazole rings is 1. The fourth-order valence-electron chi connectivity index (χ4n) is 2.40. The Balaban J connectivity index is 1.75. The molecule has 0 bridgehead atoms. The summed E-state index contributed by atoms with van der Waals surface area (Å²) >= 11 is 0. The van der Waals surface area contributed by atoms with Crippen molar-refractivity contribution in [1.29, 1.82) is 0 Å². The molecule has 2 heterocycles. The van der Waals surface area contributed by atoms with Crippen LogP contribution >= 0.6 is 0 Å². The second-order valence-corrected chi connectivity index (χ2v) is 5.62. The molecule has 0 aliphatic heterocycles. The summed E-state index contributed by atoms with van der Waals surface area (Å²) in [4.78, 5) is 25.1. The maximum atomic E-state index is 12.6. The van der Waals surface area contributed by atoms with Gasteiger partial charge in [0.2, 0.25) is 5.88 Å². The Kier molecular flexibility index (Phi) is 4.79. The molecule has 1 N–H and O–H groups in total. The molecule has 0 aliphatic carbocycles. The molecule has 26 heavy (non-hydrogen) atoms. The minimum atomic E-state index is -4.52. The summed E-state index contributed by atoms with van der Waals surface area (Å²) in [6, 6.07) is 10.2. The normalized spacial score (nSPS) is 11.5. The first-order valence-electron chi connectivity index (χ1n) is 7.67. The zero-order chi connectivity index (χ0) is 18.7. The SMILES string of the molecule is CN(Cc1nc2ccccc2[nH]1)C(=O)c1cccnc1OCC(F)(F)F. The first kappa shape index (κ1) is 17.7. The van der Waals surface area contributed by atoms with Crippen molar-refractivity contribution in [2.75, 3.05) is 13.7 Å². The zero-order valence-electron chi connectivity index (χ0n) is 13.7. The number of hydrogen-bond acceptors (Lipinski definition) is 4. The van der Waals surface area contributed by atoms with Crippen LogP contribution in [-0.4, -0.2) is 45.6 Å². The smallest absolute Gasteiger partial charge is 0.422 e. The summed E-state index contributed by atoms with van der Waals surface area (Å²) in [7, 11) is 1.52. The van der Waals surface area contributed by atoms with Crippen LogP contribution in [0.2, 0.25) is 0 Å². The Labute approximate surface area is 146 Å². The van der Waals surface area contributed by atoms with Crippen molar-refractivity contribution in [3.63, 3.8) is 0 Å². The number of aromatic amines is 1. The van der Waals surface area contributed by atoms with Crippen molar-refractivity contribution in [3.05, 3.63) is 54.0 Å². The molecule has 0 spiro atoms. The van der Waals surface area contributed by atoms with E-state index in [9.17, 15) is 18.0 Å². The predicted octanol–water partition coefficient (Wildman–Crippen LogP) is 3.17. The molecule has 3 rings (SSSR count). The Morgan fingerprint density at radius 1 is 1.23 bits per heavy atom. The van der Waals surface area contributed by atoms with E-state index in [1.807, 2.05) is 24.3 Å². The molecule has 2 aromatic heterocycles. The van der Waals surface area contributed by atoms with E-state index in [-0.39, 0.29) is 18.0 Å². The summed E-state index contributed by atoms with van der Waals surface area (Å²) in [5, 5.41) is 0. The van der Waals surface area contributed by atoms with Crippen molar-refractivity contribution in [2.24, 2.45) is 0 Å². The minimum Gasteiger partial charge on any atom is -0.467 e. The van der Waals surface area contributed by atoms with E-state index < -0.39 is 18.7 Å². The third kappa shape index (κ3) is 4.11. The van der Waals surface area contributed by atoms with E-state index >= 15 is 0 Å². The van der Waals surface area contributed by atoms with Crippen LogP contribution in [0.1, 0.15) is 16.2 Å². The number of ether oxygens (including phenoxy) is 1. The number of amides is 1. The van der Waals surface area contributed by atoms with Crippen molar-refractivity contribution >= 4 is 16.9 Å². The van der Waals surface area contributed by atoms with Gasteiger partial charge in [0, 0.05) is 13.2 Å². The molecule has 6 nitrogen and oxygen atoms in total. The molecule has 3 aromatic rings. The van der Waals surface area contributed by atoms with Crippen LogP contribution in [0.4, 0.5) is 13.2 Å². The van der Waals surface area contributed by atoms with Crippen molar-refractivity contribution in [2.45, 2.75) is 12.7 Å². The standard InChI is InChI=1S/C17H15F3N4O2/c1-24(9-14-22-12-6-2-3-7-13(12)23-14)16(25)11-5-4-8-21-15(11)26-10-17(18,19)20/h2-8H,9-10H2,1H3,(H,22,23). The Hall–Kier alpha value is -3.10. The van der Waals surface area contributed by atoms with E-state index in [2.05, 4.69) is 19.7 Å². The van der Waals surface area contributed by atoms with Gasteiger partial charge in [-0.15, -0.1) is 0 Å². The lowest BCUT2D eigenvalue weighted by atomic mass is 10.2. The maximum Gasteiger partial charge on any atom is 0.422 e. The first-order valence-corrected chi connectivity index (χ1v) is 7.67. The number of para-hydroxylation sites is 2. The number of hydrogen-bond donors (Lipinski definition) is 1. The molecule has 9 heteroatoms. The number of alkyl halides is 3. The van der Waals surface area contributed by atoms with Gasteiger partial charge in [-0.3, -0.25) is 4.79 Å². The number of aromatic nitrogens is 3. The summed E-state index contributed by atoms with van der Waals surface area (Å²) < 4.78 is 41.7. The van der Waals surface area contributed by atoms with E-state index in [0.717, 1.165) is 11.0 Å². The van der Waals surface area contributed by atoms with E-state index in [1.165, 1.54) is 30.3 Å². The Morgan fingerprint density at radius 2 is 2.00 bits per heavy atom. The molecule has 0 atom stereocenters. The Morgan fingerprint density at radius 3 is 2.73 bits per heavy atom. The van der Waals surface area contributed by atoms with Crippen LogP contribution in [0.5, 0.6) is 5.88 Å². The molecule has 0 saturated carbocycles. The van der Waals surface area contributed by atoms with Crippen LogP contribution in [0, 0.1) is 0 Å². The van der Waals surface area contributed by atoms with Crippen LogP contribution < -0.4 is 4.74 Å². The number of fused-ring (bicyclic) bond motifs is 1. The summed E-state index contributed by atoms with van der Waals surface area (Å²) in [5.74, 6) is -0.314. The lowest BCUT2D eigenvalue weighted by Gasteiger charge is -2.17. The van der Waals surface area contributed by atoms with E-state index in [4.69, 9.17) is 0 Å². The van der Waals surface area contributed by atoms with Gasteiger partial charge in [0.15, 0.2) is 6.61 Å². The fraction of sp³-hybridized carbons (Fsp3) is 0.235. The average Bonchev–Trinajstić information content (AvgIpc) is 3.01. The number of nitrogens with one attached hydrogen (secondary N) is 1. The topological polar surface area (TPSA) is 71.1 Å². The van der Waals surface area contributed by atoms with Crippen LogP contribution in [0.3, 0.4) is 0 Å². The second-order valence-electron chi connectivity index (χ2n) is 5.62. The highest BCUT2D eigenvalue weighted by molar-refractivity contribution is 5.96. The molecule has 0 aliphatic rings. The number of nitrogens with zero attached hydrogens (tertiary/aromatic N) is 3. The van der Waals surface area contributed by atoms with Crippen LogP contribution in [-0.2, 0) is 6.54 Å². The van der Waals surface area contributed by atoms with Gasteiger partial charge >= 0.3 is 6.18 Å². The highest BCUT2D eigenvalue weighted by atomic mass is 19.4. The van der Waals surface area contributed by atoms with Gasteiger partial charge in [-0.25, -0.2) is 9.97 Å². The number of pyridine rings is 1. The molecule has 136 valence electrons. The highest BCUT2D eigenvalue weighted by Gasteiger charge is 2.30. The van der Waals surface area contributed by atoms with Gasteiger partial charge in [0.05, 0.1) is 17.6 Å². The highest BCUT2D eigenvalue weighted by Crippen LogP contribution is 2.21. The summed E-state index contributed by atoms with van der Waals surface area (Å²) in [6.45, 7) is -1.36. The Bertz CT molecular complexity index is 891. The number of H-pyrrole nitrogens is 1. The fourth-order valence-corrected chi connectivity index (χ4v) is 2.40. The van der Waals surface area contributed by atoms with E-state index in [1.54, 1.807) is 0 Å². The minimum absolute atomic E-state index is 0.0460. The van der Waals surface area contributed by atoms with Crippen molar-refractivity contribution in [1.82, 2.24) is 19.9 Å². The molecule has 0 saturated heterocycles. The van der Waals surface area contributed by atoms with Gasteiger partial charge in [0.1, 0.15) is 11.4 Å². The lowest BCUT2D eigenvalue weighted by Crippen LogP contribution is -2.28. The number of benzene rings is 1. The van der Waals surface area contributed by atoms with Gasteiger partial charge in [-0.1, -0.05) is 12.1 Å². The summed E-state index contributed by atoms with van der Waals surface area (Å²) in [5.41, 5.74) is 1.55. The number of rotatable bonds is 5. The van der Waals surface area contributed by atoms with Gasteiger partial charge < -0.3 is 14.6 Å². The number of carbonyl (C=O) groups is 1. The third-order valence-electron chi connectivity index (χ3n) is 3.55. The van der Waals surface area contributed by atoms with Gasteiger partial charge in [-0.2, -0.15) is 13.2 Å². The van der Waals surface area contributed by atoms with Crippen LogP contribution in [0.25, 0.3) is 11.0 Å². The predicted molar refractivity (Wildman–Crippen MR) is 87.7 cm³/mol. The maximum absolute atomic E-state index is 12.6. The molecule has 1 amide bonds. The summed E-state index contributed by atoms with van der Waals surface area (Å²) in [6.07, 6.45) is -3.25. The first-order chi connectivity index (χ1) is 12.3. The average molecular weight is 364 g/mol. The zero-order valence-corrected chi connectivity index (χ0v) is 13.7. The van der Waals surface area contributed by atoms with Crippen molar-refractivity contribution < 1.29 is 22.7 Å². The lowest BCUT2D eigenvalue weighted by molar-refractivity contribution is -0.154. The van der Waals surface area contributed by atoms with Gasteiger partial charge in [-0.05, 0) is 24.3 Å². The molecule has 0 unspecified atom stereocenters. The molecule has 1 aromatic carbocycles. The van der Waals surface area contributed by atoms with Crippen LogP contribution in [0.15, 0.2) is 42.6 Å². The number of carbonyl (C=O) groups excluding carboxylic acids is 1. The van der Waals surface area contributed by atoms with Crippen molar-refractivity contribution in [3.8, 4) is 5.88 Å². The molecular formula is C17H15F3N4O2. The second kappa shape index (κ2) is 7.03. The van der Waals surface area contributed by atoms with Gasteiger partial charge in [0.25, 0.3) is 5.91 Å². The quantitative estimate of drug-likeness (QED) is 0.755. The largest absolute Gasteiger partial charge is 0.467 e. The number of halogens is 3. The molecular weight excluding hydrogens is 349 g/mol. The molecule has 0 radical (unpaired) electrons. The third-order valence-corrected chi connectivity index (χ3v) is 3.55. The van der Waals surface area contributed by atoms with E-state index in [0.29, 0.717) is 5.82 Å². The monoisotopic (exact) mass is 364 g/mol.